The molecule has 2 aliphatic rings. The fourth-order valence-corrected chi connectivity index (χ4v) is 1.73. The van der Waals surface area contributed by atoms with Crippen molar-refractivity contribution in [1.82, 2.24) is 0 Å². The molecule has 0 aliphatic carbocycles. The van der Waals surface area contributed by atoms with E-state index in [0.29, 0.717) is 6.61 Å². The van der Waals surface area contributed by atoms with Crippen molar-refractivity contribution >= 4 is 0 Å². The summed E-state index contributed by atoms with van der Waals surface area (Å²) in [6.45, 7) is 0.459. The van der Waals surface area contributed by atoms with Crippen LogP contribution >= 0.6 is 0 Å². The van der Waals surface area contributed by atoms with Crippen molar-refractivity contribution in [3.63, 3.8) is 0 Å². The number of fused-ring (bicyclic) bond motifs is 1. The van der Waals surface area contributed by atoms with Crippen molar-refractivity contribution in [3.05, 3.63) is 0 Å². The van der Waals surface area contributed by atoms with Crippen LogP contribution in [0.2, 0.25) is 0 Å². The Labute approximate surface area is 81.3 Å². The van der Waals surface area contributed by atoms with Crippen LogP contribution in [0.4, 0.5) is 0 Å². The topological polar surface area (TPSA) is 77.4 Å². The van der Waals surface area contributed by atoms with Gasteiger partial charge in [-0.25, -0.2) is 0 Å². The van der Waals surface area contributed by atoms with Gasteiger partial charge in [0.1, 0.15) is 31.2 Å². The van der Waals surface area contributed by atoms with Crippen molar-refractivity contribution < 1.29 is 29.2 Å². The molecule has 5 atom stereocenters. The molecule has 6 nitrogen and oxygen atoms in total. The fourth-order valence-electron chi connectivity index (χ4n) is 1.73. The summed E-state index contributed by atoms with van der Waals surface area (Å²) >= 11 is 0. The first-order valence-corrected chi connectivity index (χ1v) is 4.48. The Morgan fingerprint density at radius 1 is 1.29 bits per heavy atom. The van der Waals surface area contributed by atoms with E-state index in [0.717, 1.165) is 0 Å². The minimum absolute atomic E-state index is 0.117. The van der Waals surface area contributed by atoms with E-state index < -0.39 is 24.6 Å². The molecule has 0 aromatic carbocycles. The van der Waals surface area contributed by atoms with E-state index in [1.54, 1.807) is 0 Å². The molecule has 82 valence electrons. The first-order valence-electron chi connectivity index (χ1n) is 4.48. The summed E-state index contributed by atoms with van der Waals surface area (Å²) in [4.78, 5) is 0. The largest absolute Gasteiger partial charge is 0.387 e. The van der Waals surface area contributed by atoms with Gasteiger partial charge < -0.3 is 29.2 Å². The van der Waals surface area contributed by atoms with Gasteiger partial charge in [0.2, 0.25) is 0 Å². The van der Waals surface area contributed by atoms with Crippen LogP contribution in [0.5, 0.6) is 0 Å². The predicted octanol–water partition coefficient (Wildman–Crippen LogP) is -1.55. The summed E-state index contributed by atoms with van der Waals surface area (Å²) in [5.74, 6) is 0. The lowest BCUT2D eigenvalue weighted by atomic mass is 9.99. The zero-order valence-electron chi connectivity index (χ0n) is 7.83. The van der Waals surface area contributed by atoms with Crippen LogP contribution in [0.3, 0.4) is 0 Å². The van der Waals surface area contributed by atoms with Crippen LogP contribution in [0.15, 0.2) is 0 Å². The fraction of sp³-hybridized carbons (Fsp3) is 1.00. The standard InChI is InChI=1S/C8H14O6/c1-11-8-6(10)5(9)7-4(14-8)2-12-3-13-7/h4-10H,2-3H2,1H3. The van der Waals surface area contributed by atoms with Gasteiger partial charge in [-0.15, -0.1) is 0 Å². The van der Waals surface area contributed by atoms with Crippen molar-refractivity contribution in [2.24, 2.45) is 0 Å². The van der Waals surface area contributed by atoms with Crippen molar-refractivity contribution in [2.45, 2.75) is 30.7 Å². The highest BCUT2D eigenvalue weighted by atomic mass is 16.7. The second-order valence-corrected chi connectivity index (χ2v) is 3.38. The Morgan fingerprint density at radius 3 is 2.79 bits per heavy atom. The highest BCUT2D eigenvalue weighted by Crippen LogP contribution is 2.26. The zero-order chi connectivity index (χ0) is 10.1. The lowest BCUT2D eigenvalue weighted by Crippen LogP contribution is -2.61. The first-order chi connectivity index (χ1) is 6.74. The number of ether oxygens (including phenoxy) is 4. The normalized spacial score (nSPS) is 48.6. The quantitative estimate of drug-likeness (QED) is 0.541. The smallest absolute Gasteiger partial charge is 0.186 e. The molecule has 2 fully saturated rings. The number of hydrogen-bond acceptors (Lipinski definition) is 6. The Hall–Kier alpha value is -0.240. The highest BCUT2D eigenvalue weighted by Gasteiger charge is 2.46. The Kier molecular flexibility index (Phi) is 3.01. The predicted molar refractivity (Wildman–Crippen MR) is 43.4 cm³/mol. The summed E-state index contributed by atoms with van der Waals surface area (Å²) in [5.41, 5.74) is 0. The number of aliphatic hydroxyl groups excluding tert-OH is 2. The average Bonchev–Trinajstić information content (AvgIpc) is 2.23. The maximum absolute atomic E-state index is 9.68. The Morgan fingerprint density at radius 2 is 2.07 bits per heavy atom. The summed E-state index contributed by atoms with van der Waals surface area (Å²) in [6, 6.07) is 0. The Balaban J connectivity index is 2.07. The van der Waals surface area contributed by atoms with Crippen LogP contribution in [0.1, 0.15) is 0 Å². The van der Waals surface area contributed by atoms with Gasteiger partial charge in [0, 0.05) is 7.11 Å². The van der Waals surface area contributed by atoms with Gasteiger partial charge in [-0.2, -0.15) is 0 Å². The molecule has 0 saturated carbocycles. The lowest BCUT2D eigenvalue weighted by Gasteiger charge is -2.43. The maximum atomic E-state index is 9.68. The molecule has 0 amide bonds. The van der Waals surface area contributed by atoms with E-state index in [1.165, 1.54) is 7.11 Å². The third-order valence-electron chi connectivity index (χ3n) is 2.50. The van der Waals surface area contributed by atoms with Crippen LogP contribution in [-0.4, -0.2) is 61.4 Å². The number of rotatable bonds is 1. The molecule has 2 heterocycles. The van der Waals surface area contributed by atoms with Crippen LogP contribution in [0, 0.1) is 0 Å². The van der Waals surface area contributed by atoms with Crippen LogP contribution in [0.25, 0.3) is 0 Å². The first kappa shape index (κ1) is 10.3. The average molecular weight is 206 g/mol. The van der Waals surface area contributed by atoms with Gasteiger partial charge in [-0.3, -0.25) is 0 Å². The molecule has 2 rings (SSSR count). The minimum atomic E-state index is -1.08. The third-order valence-corrected chi connectivity index (χ3v) is 2.50. The SMILES string of the molecule is COC1OC2COCOC2C(O)C1O. The summed E-state index contributed by atoms with van der Waals surface area (Å²) in [6.07, 6.45) is -3.82. The second kappa shape index (κ2) is 4.09. The van der Waals surface area contributed by atoms with Crippen LogP contribution < -0.4 is 0 Å². The molecule has 2 saturated heterocycles. The van der Waals surface area contributed by atoms with Gasteiger partial charge in [0.05, 0.1) is 6.61 Å². The summed E-state index contributed by atoms with van der Waals surface area (Å²) in [7, 11) is 1.41. The van der Waals surface area contributed by atoms with Crippen molar-refractivity contribution in [1.29, 1.82) is 0 Å². The lowest BCUT2D eigenvalue weighted by molar-refractivity contribution is -0.334. The number of methoxy groups -OCH3 is 1. The van der Waals surface area contributed by atoms with E-state index >= 15 is 0 Å². The van der Waals surface area contributed by atoms with Crippen LogP contribution in [-0.2, 0) is 18.9 Å². The number of hydrogen-bond donors (Lipinski definition) is 2. The van der Waals surface area contributed by atoms with Crippen molar-refractivity contribution in [3.8, 4) is 0 Å². The maximum Gasteiger partial charge on any atom is 0.186 e. The molecule has 2 N–H and O–H groups in total. The van der Waals surface area contributed by atoms with Gasteiger partial charge in [0.15, 0.2) is 6.29 Å². The summed E-state index contributed by atoms with van der Waals surface area (Å²) in [5, 5.41) is 19.2. The minimum Gasteiger partial charge on any atom is -0.387 e. The molecule has 0 aromatic heterocycles. The van der Waals surface area contributed by atoms with E-state index in [4.69, 9.17) is 18.9 Å². The zero-order valence-corrected chi connectivity index (χ0v) is 7.83. The van der Waals surface area contributed by atoms with Gasteiger partial charge in [0.25, 0.3) is 0 Å². The number of aliphatic hydroxyl groups is 2. The van der Waals surface area contributed by atoms with Gasteiger partial charge >= 0.3 is 0 Å². The molecule has 14 heavy (non-hydrogen) atoms. The second-order valence-electron chi connectivity index (χ2n) is 3.38. The van der Waals surface area contributed by atoms with Gasteiger partial charge in [-0.1, -0.05) is 0 Å². The Bertz CT molecular complexity index is 196. The van der Waals surface area contributed by atoms with E-state index in [1.807, 2.05) is 0 Å². The molecule has 5 unspecified atom stereocenters. The highest BCUT2D eigenvalue weighted by molar-refractivity contribution is 4.91. The molecule has 0 aromatic rings. The molecule has 0 radical (unpaired) electrons. The monoisotopic (exact) mass is 206 g/mol. The van der Waals surface area contributed by atoms with E-state index in [2.05, 4.69) is 0 Å². The third kappa shape index (κ3) is 1.65. The van der Waals surface area contributed by atoms with E-state index in [9.17, 15) is 10.2 Å². The van der Waals surface area contributed by atoms with Gasteiger partial charge in [-0.05, 0) is 0 Å². The van der Waals surface area contributed by atoms with E-state index in [-0.39, 0.29) is 12.9 Å². The summed E-state index contributed by atoms with van der Waals surface area (Å²) < 4.78 is 20.4. The molecular weight excluding hydrogens is 192 g/mol. The molecule has 0 spiro atoms. The molecular formula is C8H14O6. The van der Waals surface area contributed by atoms with Crippen molar-refractivity contribution in [2.75, 3.05) is 20.5 Å². The molecule has 0 bridgehead atoms. The molecule has 6 heteroatoms. The molecule has 2 aliphatic heterocycles.